The van der Waals surface area contributed by atoms with Crippen molar-refractivity contribution in [2.45, 2.75) is 33.4 Å². The lowest BCUT2D eigenvalue weighted by Gasteiger charge is -2.18. The van der Waals surface area contributed by atoms with Gasteiger partial charge in [-0.3, -0.25) is 0 Å². The van der Waals surface area contributed by atoms with Gasteiger partial charge in [0, 0.05) is 11.1 Å². The van der Waals surface area contributed by atoms with Gasteiger partial charge in [0.05, 0.1) is 9.79 Å². The van der Waals surface area contributed by atoms with Gasteiger partial charge in [0.25, 0.3) is 0 Å². The van der Waals surface area contributed by atoms with Gasteiger partial charge in [0.15, 0.2) is 0 Å². The molecule has 0 saturated carbocycles. The zero-order valence-electron chi connectivity index (χ0n) is 15.1. The molecular weight excluding hydrogens is 400 g/mol. The van der Waals surface area contributed by atoms with Gasteiger partial charge in [-0.2, -0.15) is 0 Å². The highest BCUT2D eigenvalue weighted by molar-refractivity contribution is 7.92. The average molecular weight is 418 g/mol. The summed E-state index contributed by atoms with van der Waals surface area (Å²) in [5, 5.41) is 21.3. The van der Waals surface area contributed by atoms with E-state index in [1.807, 2.05) is 0 Å². The molecule has 3 aromatic rings. The highest BCUT2D eigenvalue weighted by Crippen LogP contribution is 2.45. The van der Waals surface area contributed by atoms with Gasteiger partial charge in [-0.05, 0) is 38.1 Å². The molecule has 3 aromatic carbocycles. The van der Waals surface area contributed by atoms with Crippen LogP contribution in [0.15, 0.2) is 80.2 Å². The van der Waals surface area contributed by atoms with Gasteiger partial charge in [-0.25, -0.2) is 16.8 Å². The fraction of sp³-hybridized carbons (Fsp3) is 0.100. The maximum Gasteiger partial charge on any atom is 0.210 e. The predicted octanol–water partition coefficient (Wildman–Crippen LogP) is 3.38. The van der Waals surface area contributed by atoms with Crippen LogP contribution in [0.25, 0.3) is 0 Å². The summed E-state index contributed by atoms with van der Waals surface area (Å²) in [6.45, 7) is 2.52. The van der Waals surface area contributed by atoms with E-state index in [1.54, 1.807) is 12.1 Å². The normalized spacial score (nSPS) is 12.1. The zero-order valence-corrected chi connectivity index (χ0v) is 16.8. The second-order valence-electron chi connectivity index (χ2n) is 6.24. The van der Waals surface area contributed by atoms with Crippen molar-refractivity contribution < 1.29 is 27.0 Å². The van der Waals surface area contributed by atoms with Crippen LogP contribution in [-0.2, 0) is 19.7 Å². The lowest BCUT2D eigenvalue weighted by Crippen LogP contribution is -2.10. The van der Waals surface area contributed by atoms with Crippen molar-refractivity contribution in [2.24, 2.45) is 0 Å². The highest BCUT2D eigenvalue weighted by atomic mass is 32.2. The number of phenols is 2. The molecular formula is C20H18O6S2. The molecule has 146 valence electrons. The Bertz CT molecular complexity index is 1120. The molecule has 0 amide bonds. The van der Waals surface area contributed by atoms with Crippen LogP contribution in [0.3, 0.4) is 0 Å². The summed E-state index contributed by atoms with van der Waals surface area (Å²) in [5.74, 6) is -1.40. The summed E-state index contributed by atoms with van der Waals surface area (Å²) in [6.07, 6.45) is 0. The van der Waals surface area contributed by atoms with Crippen molar-refractivity contribution in [2.75, 3.05) is 0 Å². The van der Waals surface area contributed by atoms with E-state index in [9.17, 15) is 27.0 Å². The minimum absolute atomic E-state index is 0.0779. The van der Waals surface area contributed by atoms with E-state index < -0.39 is 41.0 Å². The summed E-state index contributed by atoms with van der Waals surface area (Å²) in [4.78, 5) is -1.18. The molecule has 0 aliphatic rings. The molecule has 8 heteroatoms. The van der Waals surface area contributed by atoms with Crippen molar-refractivity contribution >= 4 is 19.7 Å². The Hall–Kier alpha value is -2.84. The molecule has 6 nitrogen and oxygen atoms in total. The monoisotopic (exact) mass is 418 g/mol. The van der Waals surface area contributed by atoms with E-state index in [0.717, 1.165) is 0 Å². The summed E-state index contributed by atoms with van der Waals surface area (Å²) in [7, 11) is -8.35. The summed E-state index contributed by atoms with van der Waals surface area (Å²) < 4.78 is 52.0. The Morgan fingerprint density at radius 3 is 1.14 bits per heavy atom. The molecule has 2 N–H and O–H groups in total. The second kappa shape index (κ2) is 6.96. The molecule has 28 heavy (non-hydrogen) atoms. The third-order valence-electron chi connectivity index (χ3n) is 4.47. The number of benzene rings is 3. The lowest BCUT2D eigenvalue weighted by molar-refractivity contribution is 0.424. The molecule has 0 aromatic heterocycles. The third kappa shape index (κ3) is 3.04. The number of hydrogen-bond acceptors (Lipinski definition) is 6. The van der Waals surface area contributed by atoms with Gasteiger partial charge in [0.2, 0.25) is 19.7 Å². The first kappa shape index (κ1) is 19.9. The van der Waals surface area contributed by atoms with Crippen LogP contribution in [0.2, 0.25) is 0 Å². The Morgan fingerprint density at radius 2 is 0.857 bits per heavy atom. The Kier molecular flexibility index (Phi) is 4.95. The molecule has 0 saturated heterocycles. The molecule has 0 spiro atoms. The van der Waals surface area contributed by atoms with Crippen LogP contribution in [0.1, 0.15) is 11.1 Å². The minimum atomic E-state index is -4.18. The number of sulfone groups is 2. The lowest BCUT2D eigenvalue weighted by atomic mass is 10.1. The SMILES string of the molecule is Cc1c(O)c(S(=O)(=O)c2ccccc2)c(C)c(O)c1S(=O)(=O)c1ccccc1. The van der Waals surface area contributed by atoms with Crippen molar-refractivity contribution in [1.82, 2.24) is 0 Å². The van der Waals surface area contributed by atoms with E-state index in [1.165, 1.54) is 62.4 Å². The van der Waals surface area contributed by atoms with Gasteiger partial charge in [-0.1, -0.05) is 36.4 Å². The predicted molar refractivity (Wildman–Crippen MR) is 103 cm³/mol. The van der Waals surface area contributed by atoms with Gasteiger partial charge in [0.1, 0.15) is 21.3 Å². The maximum absolute atomic E-state index is 13.0. The quantitative estimate of drug-likeness (QED) is 0.629. The minimum Gasteiger partial charge on any atom is -0.506 e. The first-order valence-corrected chi connectivity index (χ1v) is 11.2. The Balaban J connectivity index is 2.34. The van der Waals surface area contributed by atoms with Crippen molar-refractivity contribution in [3.63, 3.8) is 0 Å². The van der Waals surface area contributed by atoms with Gasteiger partial charge < -0.3 is 10.2 Å². The van der Waals surface area contributed by atoms with Gasteiger partial charge >= 0.3 is 0 Å². The topological polar surface area (TPSA) is 109 Å². The second-order valence-corrected chi connectivity index (χ2v) is 10.0. The molecule has 0 bridgehead atoms. The highest BCUT2D eigenvalue weighted by Gasteiger charge is 2.34. The van der Waals surface area contributed by atoms with Crippen LogP contribution in [0.4, 0.5) is 0 Å². The molecule has 0 aliphatic carbocycles. The largest absolute Gasteiger partial charge is 0.506 e. The smallest absolute Gasteiger partial charge is 0.210 e. The number of aromatic hydroxyl groups is 2. The summed E-state index contributed by atoms with van der Waals surface area (Å²) in [5.41, 5.74) is -0.470. The molecule has 0 heterocycles. The van der Waals surface area contributed by atoms with Crippen LogP contribution in [0.5, 0.6) is 11.5 Å². The Morgan fingerprint density at radius 1 is 0.571 bits per heavy atom. The molecule has 0 fully saturated rings. The van der Waals surface area contributed by atoms with E-state index in [-0.39, 0.29) is 20.9 Å². The first-order valence-electron chi connectivity index (χ1n) is 8.25. The molecule has 0 atom stereocenters. The van der Waals surface area contributed by atoms with E-state index in [0.29, 0.717) is 0 Å². The van der Waals surface area contributed by atoms with Gasteiger partial charge in [-0.15, -0.1) is 0 Å². The van der Waals surface area contributed by atoms with Crippen molar-refractivity contribution in [1.29, 1.82) is 0 Å². The van der Waals surface area contributed by atoms with Crippen LogP contribution in [0, 0.1) is 13.8 Å². The zero-order chi connectivity index (χ0) is 20.7. The molecule has 0 radical (unpaired) electrons. The van der Waals surface area contributed by atoms with Crippen molar-refractivity contribution in [3.05, 3.63) is 71.8 Å². The third-order valence-corrected chi connectivity index (χ3v) is 8.33. The van der Waals surface area contributed by atoms with Crippen LogP contribution >= 0.6 is 0 Å². The molecule has 0 aliphatic heterocycles. The van der Waals surface area contributed by atoms with E-state index >= 15 is 0 Å². The number of phenolic OH excluding ortho intramolecular Hbond substituents is 2. The standard InChI is InChI=1S/C20H18O6S2/c1-13-17(21)20(28(25,26)16-11-7-4-8-12-16)14(2)18(22)19(13)27(23,24)15-9-5-3-6-10-15/h3-12,21-22H,1-2H3. The summed E-state index contributed by atoms with van der Waals surface area (Å²) >= 11 is 0. The number of hydrogen-bond donors (Lipinski definition) is 2. The molecule has 0 unspecified atom stereocenters. The Labute approximate surface area is 163 Å². The van der Waals surface area contributed by atoms with E-state index in [2.05, 4.69) is 0 Å². The first-order chi connectivity index (χ1) is 13.1. The summed E-state index contributed by atoms with van der Waals surface area (Å²) in [6, 6.07) is 14.8. The van der Waals surface area contributed by atoms with Crippen LogP contribution < -0.4 is 0 Å². The maximum atomic E-state index is 13.0. The average Bonchev–Trinajstić information content (AvgIpc) is 2.68. The van der Waals surface area contributed by atoms with Crippen LogP contribution in [-0.4, -0.2) is 27.0 Å². The fourth-order valence-electron chi connectivity index (χ4n) is 3.00. The number of rotatable bonds is 4. The molecule has 3 rings (SSSR count). The van der Waals surface area contributed by atoms with E-state index in [4.69, 9.17) is 0 Å². The van der Waals surface area contributed by atoms with Crippen molar-refractivity contribution in [3.8, 4) is 11.5 Å². The fourth-order valence-corrected chi connectivity index (χ4v) is 6.32.